The van der Waals surface area contributed by atoms with Crippen molar-refractivity contribution in [1.82, 2.24) is 10.2 Å². The van der Waals surface area contributed by atoms with Gasteiger partial charge in [-0.25, -0.2) is 0 Å². The van der Waals surface area contributed by atoms with Crippen LogP contribution in [0.1, 0.15) is 29.5 Å². The Morgan fingerprint density at radius 2 is 2.23 bits per heavy atom. The Balaban J connectivity index is 2.96. The second-order valence-corrected chi connectivity index (χ2v) is 5.39. The standard InChI is InChI=1S/C18H27N3O/c1-5-16-9-8-15(12-19)11-17(16)13-21(4)18(7-6-10-22)14(2)20-3/h5,8-11,18,20H,1-2,6-7,12-13,19H2,3-4H3. The maximum Gasteiger partial charge on any atom is 0.120 e. The van der Waals surface area contributed by atoms with Crippen LogP contribution < -0.4 is 11.1 Å². The van der Waals surface area contributed by atoms with Crippen LogP contribution in [0.25, 0.3) is 6.08 Å². The zero-order valence-electron chi connectivity index (χ0n) is 13.6. The van der Waals surface area contributed by atoms with E-state index >= 15 is 0 Å². The molecule has 0 aliphatic carbocycles. The third kappa shape index (κ3) is 4.83. The SMILES string of the molecule is C=Cc1ccc(CN)cc1CN(C)C(CCC=O)C(=C)NC. The molecule has 0 radical (unpaired) electrons. The van der Waals surface area contributed by atoms with Crippen molar-refractivity contribution in [1.29, 1.82) is 0 Å². The van der Waals surface area contributed by atoms with Gasteiger partial charge < -0.3 is 15.8 Å². The number of likely N-dealkylation sites (N-methyl/N-ethyl adjacent to an activating group) is 2. The molecule has 1 atom stereocenters. The van der Waals surface area contributed by atoms with Gasteiger partial charge in [0.1, 0.15) is 6.29 Å². The number of nitrogens with two attached hydrogens (primary N) is 1. The van der Waals surface area contributed by atoms with Gasteiger partial charge in [-0.15, -0.1) is 0 Å². The van der Waals surface area contributed by atoms with Crippen LogP contribution in [-0.4, -0.2) is 31.3 Å². The molecule has 1 unspecified atom stereocenters. The Morgan fingerprint density at radius 1 is 1.50 bits per heavy atom. The van der Waals surface area contributed by atoms with Gasteiger partial charge in [0, 0.05) is 38.3 Å². The lowest BCUT2D eigenvalue weighted by Crippen LogP contribution is -2.36. The van der Waals surface area contributed by atoms with Crippen molar-refractivity contribution < 1.29 is 4.79 Å². The van der Waals surface area contributed by atoms with Gasteiger partial charge in [0.05, 0.1) is 0 Å². The number of carbonyl (C=O) groups excluding carboxylic acids is 1. The van der Waals surface area contributed by atoms with Crippen LogP contribution in [-0.2, 0) is 17.9 Å². The van der Waals surface area contributed by atoms with Crippen molar-refractivity contribution in [3.63, 3.8) is 0 Å². The molecule has 22 heavy (non-hydrogen) atoms. The van der Waals surface area contributed by atoms with Gasteiger partial charge in [-0.1, -0.05) is 37.4 Å². The fourth-order valence-electron chi connectivity index (χ4n) is 2.55. The molecule has 0 spiro atoms. The number of hydrogen-bond acceptors (Lipinski definition) is 4. The molecule has 0 aromatic heterocycles. The molecule has 1 rings (SSSR count). The molecule has 0 amide bonds. The molecule has 1 aromatic carbocycles. The third-order valence-electron chi connectivity index (χ3n) is 3.90. The summed E-state index contributed by atoms with van der Waals surface area (Å²) in [5, 5.41) is 3.10. The van der Waals surface area contributed by atoms with E-state index in [2.05, 4.69) is 29.4 Å². The van der Waals surface area contributed by atoms with E-state index in [1.54, 1.807) is 0 Å². The van der Waals surface area contributed by atoms with Crippen LogP contribution in [0.4, 0.5) is 0 Å². The van der Waals surface area contributed by atoms with Crippen LogP contribution in [0.15, 0.2) is 37.1 Å². The number of carbonyl (C=O) groups is 1. The summed E-state index contributed by atoms with van der Waals surface area (Å²) >= 11 is 0. The molecular weight excluding hydrogens is 274 g/mol. The first-order valence-corrected chi connectivity index (χ1v) is 7.52. The van der Waals surface area contributed by atoms with Gasteiger partial charge in [-0.05, 0) is 30.2 Å². The highest BCUT2D eigenvalue weighted by molar-refractivity contribution is 5.53. The summed E-state index contributed by atoms with van der Waals surface area (Å²) in [4.78, 5) is 12.9. The van der Waals surface area contributed by atoms with Crippen LogP contribution in [0.5, 0.6) is 0 Å². The Bertz CT molecular complexity index is 525. The predicted molar refractivity (Wildman–Crippen MR) is 93.2 cm³/mol. The van der Waals surface area contributed by atoms with Crippen LogP contribution in [0, 0.1) is 0 Å². The summed E-state index contributed by atoms with van der Waals surface area (Å²) in [6, 6.07) is 6.30. The van der Waals surface area contributed by atoms with Crippen molar-refractivity contribution in [2.45, 2.75) is 32.0 Å². The van der Waals surface area contributed by atoms with Gasteiger partial charge in [0.15, 0.2) is 0 Å². The highest BCUT2D eigenvalue weighted by atomic mass is 16.1. The van der Waals surface area contributed by atoms with E-state index in [9.17, 15) is 4.79 Å². The average molecular weight is 301 g/mol. The number of nitrogens with zero attached hydrogens (tertiary/aromatic N) is 1. The number of aldehydes is 1. The Kier molecular flexibility index (Phi) is 7.57. The van der Waals surface area contributed by atoms with E-state index in [1.807, 2.05) is 32.3 Å². The lowest BCUT2D eigenvalue weighted by atomic mass is 10.0. The zero-order valence-corrected chi connectivity index (χ0v) is 13.6. The van der Waals surface area contributed by atoms with Crippen LogP contribution in [0.3, 0.4) is 0 Å². The van der Waals surface area contributed by atoms with Crippen LogP contribution >= 0.6 is 0 Å². The maximum absolute atomic E-state index is 10.7. The second-order valence-electron chi connectivity index (χ2n) is 5.39. The number of rotatable bonds is 10. The summed E-state index contributed by atoms with van der Waals surface area (Å²) in [5.74, 6) is 0. The summed E-state index contributed by atoms with van der Waals surface area (Å²) in [5.41, 5.74) is 10.0. The number of nitrogens with one attached hydrogen (secondary N) is 1. The first kappa shape index (κ1) is 18.1. The lowest BCUT2D eigenvalue weighted by molar-refractivity contribution is -0.108. The summed E-state index contributed by atoms with van der Waals surface area (Å²) in [6.07, 6.45) is 4.08. The molecule has 3 N–H and O–H groups in total. The minimum absolute atomic E-state index is 0.106. The molecule has 0 heterocycles. The Morgan fingerprint density at radius 3 is 2.77 bits per heavy atom. The summed E-state index contributed by atoms with van der Waals surface area (Å²) < 4.78 is 0. The number of hydrogen-bond donors (Lipinski definition) is 2. The minimum atomic E-state index is 0.106. The van der Waals surface area contributed by atoms with E-state index in [0.29, 0.717) is 13.0 Å². The van der Waals surface area contributed by atoms with Crippen molar-refractivity contribution in [3.8, 4) is 0 Å². The molecule has 120 valence electrons. The molecule has 4 heteroatoms. The van der Waals surface area contributed by atoms with Crippen molar-refractivity contribution >= 4 is 12.4 Å². The smallest absolute Gasteiger partial charge is 0.120 e. The molecule has 0 aliphatic heterocycles. The summed E-state index contributed by atoms with van der Waals surface area (Å²) in [7, 11) is 3.90. The lowest BCUT2D eigenvalue weighted by Gasteiger charge is -2.30. The quantitative estimate of drug-likeness (QED) is 0.651. The molecule has 0 bridgehead atoms. The van der Waals surface area contributed by atoms with E-state index in [0.717, 1.165) is 36.1 Å². The molecule has 1 aromatic rings. The monoisotopic (exact) mass is 301 g/mol. The molecular formula is C18H27N3O. The minimum Gasteiger partial charge on any atom is -0.391 e. The molecule has 0 saturated heterocycles. The summed E-state index contributed by atoms with van der Waals surface area (Å²) in [6.45, 7) is 9.20. The van der Waals surface area contributed by atoms with E-state index in [-0.39, 0.29) is 6.04 Å². The molecule has 0 aliphatic rings. The van der Waals surface area contributed by atoms with E-state index in [4.69, 9.17) is 5.73 Å². The Hall–Kier alpha value is -1.91. The first-order valence-electron chi connectivity index (χ1n) is 7.52. The van der Waals surface area contributed by atoms with Gasteiger partial charge in [0.2, 0.25) is 0 Å². The van der Waals surface area contributed by atoms with Gasteiger partial charge >= 0.3 is 0 Å². The topological polar surface area (TPSA) is 58.4 Å². The fourth-order valence-corrected chi connectivity index (χ4v) is 2.55. The first-order chi connectivity index (χ1) is 10.6. The largest absolute Gasteiger partial charge is 0.391 e. The molecule has 0 saturated carbocycles. The normalized spacial score (nSPS) is 12.0. The predicted octanol–water partition coefficient (Wildman–Crippen LogP) is 2.30. The average Bonchev–Trinajstić information content (AvgIpc) is 2.54. The van der Waals surface area contributed by atoms with Gasteiger partial charge in [-0.2, -0.15) is 0 Å². The third-order valence-corrected chi connectivity index (χ3v) is 3.90. The second kappa shape index (κ2) is 9.18. The van der Waals surface area contributed by atoms with Crippen molar-refractivity contribution in [2.75, 3.05) is 14.1 Å². The van der Waals surface area contributed by atoms with Crippen molar-refractivity contribution in [2.24, 2.45) is 5.73 Å². The number of benzene rings is 1. The van der Waals surface area contributed by atoms with Gasteiger partial charge in [0.25, 0.3) is 0 Å². The maximum atomic E-state index is 10.7. The van der Waals surface area contributed by atoms with E-state index < -0.39 is 0 Å². The fraction of sp³-hybridized carbons (Fsp3) is 0.389. The van der Waals surface area contributed by atoms with Crippen molar-refractivity contribution in [3.05, 3.63) is 53.7 Å². The molecule has 4 nitrogen and oxygen atoms in total. The zero-order chi connectivity index (χ0) is 16.5. The molecule has 0 fully saturated rings. The highest BCUT2D eigenvalue weighted by Crippen LogP contribution is 2.19. The van der Waals surface area contributed by atoms with Crippen LogP contribution in [0.2, 0.25) is 0 Å². The Labute approximate surface area is 133 Å². The van der Waals surface area contributed by atoms with E-state index in [1.165, 1.54) is 5.56 Å². The van der Waals surface area contributed by atoms with Gasteiger partial charge in [-0.3, -0.25) is 4.90 Å². The highest BCUT2D eigenvalue weighted by Gasteiger charge is 2.18.